The minimum atomic E-state index is -0.941. The molecule has 5 heteroatoms. The van der Waals surface area contributed by atoms with Crippen molar-refractivity contribution in [2.45, 2.75) is 51.7 Å². The molecule has 0 unspecified atom stereocenters. The minimum Gasteiger partial charge on any atom is -0.376 e. The van der Waals surface area contributed by atoms with Gasteiger partial charge in [0.05, 0.1) is 39.1 Å². The molecule has 5 aromatic carbocycles. The zero-order valence-electron chi connectivity index (χ0n) is 26.3. The summed E-state index contributed by atoms with van der Waals surface area (Å²) in [6, 6.07) is 49.3. The Kier molecular flexibility index (Phi) is 12.9. The third-order valence-electron chi connectivity index (χ3n) is 7.83. The molecular formula is C41H42O5. The van der Waals surface area contributed by atoms with Crippen LogP contribution in [0.15, 0.2) is 152 Å². The lowest BCUT2D eigenvalue weighted by atomic mass is 9.91. The van der Waals surface area contributed by atoms with Crippen molar-refractivity contribution in [3.63, 3.8) is 0 Å². The van der Waals surface area contributed by atoms with E-state index in [9.17, 15) is 4.79 Å². The molecule has 0 saturated carbocycles. The molecular weight excluding hydrogens is 572 g/mol. The lowest BCUT2D eigenvalue weighted by Crippen LogP contribution is -2.50. The average molecular weight is 615 g/mol. The molecule has 5 aromatic rings. The highest BCUT2D eigenvalue weighted by Crippen LogP contribution is 2.26. The van der Waals surface area contributed by atoms with Crippen molar-refractivity contribution in [2.24, 2.45) is 5.92 Å². The molecule has 5 rings (SSSR count). The number of Topliss-reactive ketones (excluding diaryl/α,β-unsaturated/α-hetero) is 1. The molecule has 0 heterocycles. The van der Waals surface area contributed by atoms with Crippen molar-refractivity contribution in [1.29, 1.82) is 0 Å². The molecule has 0 N–H and O–H groups in total. The highest BCUT2D eigenvalue weighted by atomic mass is 16.6. The van der Waals surface area contributed by atoms with Crippen LogP contribution >= 0.6 is 0 Å². The summed E-state index contributed by atoms with van der Waals surface area (Å²) < 4.78 is 26.2. The van der Waals surface area contributed by atoms with Gasteiger partial charge >= 0.3 is 0 Å². The molecule has 0 amide bonds. The summed E-state index contributed by atoms with van der Waals surface area (Å²) in [4.78, 5) is 14.3. The van der Waals surface area contributed by atoms with E-state index in [-0.39, 0.29) is 18.3 Å². The van der Waals surface area contributed by atoms with Crippen LogP contribution in [0, 0.1) is 5.92 Å². The van der Waals surface area contributed by atoms with Gasteiger partial charge in [-0.15, -0.1) is 0 Å². The molecule has 4 atom stereocenters. The van der Waals surface area contributed by atoms with E-state index in [1.165, 1.54) is 0 Å². The molecule has 0 radical (unpaired) electrons. The monoisotopic (exact) mass is 614 g/mol. The molecule has 0 aliphatic rings. The summed E-state index contributed by atoms with van der Waals surface area (Å²) in [6.07, 6.45) is -2.22. The SMILES string of the molecule is C[C@H](COCc1ccccc1)[C@@H](OCc1ccccc1)[C@H](OCc1ccccc1)[C@@H](OCc1ccccc1)C(=O)c1ccccc1. The van der Waals surface area contributed by atoms with E-state index in [1.807, 2.05) is 152 Å². The molecule has 46 heavy (non-hydrogen) atoms. The highest BCUT2D eigenvalue weighted by molar-refractivity contribution is 6.00. The van der Waals surface area contributed by atoms with Crippen molar-refractivity contribution < 1.29 is 23.7 Å². The van der Waals surface area contributed by atoms with Gasteiger partial charge in [0.25, 0.3) is 0 Å². The van der Waals surface area contributed by atoms with Crippen molar-refractivity contribution in [3.05, 3.63) is 179 Å². The third-order valence-corrected chi connectivity index (χ3v) is 7.83. The molecule has 0 bridgehead atoms. The summed E-state index contributed by atoms with van der Waals surface area (Å²) in [5, 5.41) is 0. The predicted molar refractivity (Wildman–Crippen MR) is 181 cm³/mol. The number of hydrogen-bond donors (Lipinski definition) is 0. The maximum Gasteiger partial charge on any atom is 0.194 e. The van der Waals surface area contributed by atoms with E-state index in [4.69, 9.17) is 18.9 Å². The number of ether oxygens (including phenoxy) is 4. The van der Waals surface area contributed by atoms with Crippen LogP contribution in [-0.2, 0) is 45.4 Å². The summed E-state index contributed by atoms with van der Waals surface area (Å²) in [6.45, 7) is 3.86. The summed E-state index contributed by atoms with van der Waals surface area (Å²) in [5.74, 6) is -0.292. The first kappa shape index (κ1) is 33.0. The first-order chi connectivity index (χ1) is 22.7. The second-order valence-corrected chi connectivity index (χ2v) is 11.4. The number of rotatable bonds is 18. The van der Waals surface area contributed by atoms with Gasteiger partial charge in [0, 0.05) is 11.5 Å². The van der Waals surface area contributed by atoms with E-state index in [0.717, 1.165) is 22.3 Å². The summed E-state index contributed by atoms with van der Waals surface area (Å²) in [7, 11) is 0. The Morgan fingerprint density at radius 1 is 0.478 bits per heavy atom. The molecule has 0 aromatic heterocycles. The second kappa shape index (κ2) is 17.9. The van der Waals surface area contributed by atoms with Gasteiger partial charge in [0.15, 0.2) is 5.78 Å². The van der Waals surface area contributed by atoms with Crippen LogP contribution in [0.25, 0.3) is 0 Å². The van der Waals surface area contributed by atoms with Gasteiger partial charge in [0.2, 0.25) is 0 Å². The van der Waals surface area contributed by atoms with Gasteiger partial charge in [-0.3, -0.25) is 4.79 Å². The molecule has 0 spiro atoms. The lowest BCUT2D eigenvalue weighted by molar-refractivity contribution is -0.159. The van der Waals surface area contributed by atoms with Gasteiger partial charge in [-0.2, -0.15) is 0 Å². The van der Waals surface area contributed by atoms with E-state index < -0.39 is 18.3 Å². The standard InChI is InChI=1S/C41H42O5/c1-32(27-43-28-33-17-7-2-8-18-33)39(44-29-34-19-9-3-10-20-34)41(46-31-36-23-13-5-14-24-36)40(38(42)37-25-15-6-16-26-37)45-30-35-21-11-4-12-22-35/h2-26,32,39-41H,27-31H2,1H3/t32-,39-,40+,41+/m1/s1. The largest absolute Gasteiger partial charge is 0.376 e. The quantitative estimate of drug-likeness (QED) is 0.0927. The van der Waals surface area contributed by atoms with Gasteiger partial charge < -0.3 is 18.9 Å². The Bertz CT molecular complexity index is 1550. The normalized spacial score (nSPS) is 13.8. The Labute approximate surface area is 272 Å². The summed E-state index contributed by atoms with van der Waals surface area (Å²) in [5.41, 5.74) is 4.65. The second-order valence-electron chi connectivity index (χ2n) is 11.4. The third kappa shape index (κ3) is 10.1. The van der Waals surface area contributed by atoms with Crippen LogP contribution in [0.5, 0.6) is 0 Å². The fourth-order valence-electron chi connectivity index (χ4n) is 5.35. The van der Waals surface area contributed by atoms with E-state index in [1.54, 1.807) is 0 Å². The molecule has 5 nitrogen and oxygen atoms in total. The zero-order valence-corrected chi connectivity index (χ0v) is 26.3. The maximum atomic E-state index is 14.3. The molecule has 0 saturated heterocycles. The Morgan fingerprint density at radius 3 is 1.30 bits per heavy atom. The zero-order chi connectivity index (χ0) is 31.8. The number of benzene rings is 5. The van der Waals surface area contributed by atoms with Crippen molar-refractivity contribution in [3.8, 4) is 0 Å². The number of carbonyl (C=O) groups excluding carboxylic acids is 1. The molecule has 0 aliphatic heterocycles. The van der Waals surface area contributed by atoms with Crippen molar-refractivity contribution in [2.75, 3.05) is 6.61 Å². The fourth-order valence-corrected chi connectivity index (χ4v) is 5.35. The smallest absolute Gasteiger partial charge is 0.194 e. The van der Waals surface area contributed by atoms with Gasteiger partial charge in [-0.25, -0.2) is 0 Å². The van der Waals surface area contributed by atoms with Crippen LogP contribution in [-0.4, -0.2) is 30.7 Å². The van der Waals surface area contributed by atoms with Gasteiger partial charge in [-0.05, 0) is 22.3 Å². The maximum absolute atomic E-state index is 14.3. The Morgan fingerprint density at radius 2 is 0.848 bits per heavy atom. The minimum absolute atomic E-state index is 0.139. The number of carbonyl (C=O) groups is 1. The molecule has 236 valence electrons. The summed E-state index contributed by atoms with van der Waals surface area (Å²) >= 11 is 0. The predicted octanol–water partition coefficient (Wildman–Crippen LogP) is 8.48. The van der Waals surface area contributed by atoms with Crippen LogP contribution in [0.1, 0.15) is 39.5 Å². The van der Waals surface area contributed by atoms with Crippen LogP contribution in [0.4, 0.5) is 0 Å². The van der Waals surface area contributed by atoms with Gasteiger partial charge in [-0.1, -0.05) is 159 Å². The van der Waals surface area contributed by atoms with E-state index in [2.05, 4.69) is 6.92 Å². The molecule has 0 fully saturated rings. The lowest BCUT2D eigenvalue weighted by Gasteiger charge is -2.36. The number of hydrogen-bond acceptors (Lipinski definition) is 5. The van der Waals surface area contributed by atoms with E-state index in [0.29, 0.717) is 32.0 Å². The highest BCUT2D eigenvalue weighted by Gasteiger charge is 2.40. The first-order valence-corrected chi connectivity index (χ1v) is 15.8. The fraction of sp³-hybridized carbons (Fsp3) is 0.244. The van der Waals surface area contributed by atoms with Crippen molar-refractivity contribution in [1.82, 2.24) is 0 Å². The Hall–Kier alpha value is -4.39. The topological polar surface area (TPSA) is 54.0 Å². The van der Waals surface area contributed by atoms with Crippen LogP contribution < -0.4 is 0 Å². The van der Waals surface area contributed by atoms with Crippen LogP contribution in [0.2, 0.25) is 0 Å². The van der Waals surface area contributed by atoms with E-state index >= 15 is 0 Å². The first-order valence-electron chi connectivity index (χ1n) is 15.8. The average Bonchev–Trinajstić information content (AvgIpc) is 3.12. The number of ketones is 1. The van der Waals surface area contributed by atoms with Crippen molar-refractivity contribution >= 4 is 5.78 Å². The molecule has 0 aliphatic carbocycles. The van der Waals surface area contributed by atoms with Crippen LogP contribution in [0.3, 0.4) is 0 Å². The van der Waals surface area contributed by atoms with Gasteiger partial charge in [0.1, 0.15) is 12.2 Å². The Balaban J connectivity index is 1.47.